The van der Waals surface area contributed by atoms with Gasteiger partial charge in [0.2, 0.25) is 0 Å². The minimum absolute atomic E-state index is 0.259. The van der Waals surface area contributed by atoms with Crippen LogP contribution in [0.1, 0.15) is 28.5 Å². The molecule has 0 aromatic carbocycles. The second-order valence-electron chi connectivity index (χ2n) is 4.76. The summed E-state index contributed by atoms with van der Waals surface area (Å²) in [4.78, 5) is 13.2. The van der Waals surface area contributed by atoms with E-state index in [2.05, 4.69) is 22.1 Å². The molecule has 1 aliphatic heterocycles. The van der Waals surface area contributed by atoms with Crippen molar-refractivity contribution in [2.45, 2.75) is 12.3 Å². The number of hydrogen-bond acceptors (Lipinski definition) is 4. The number of rotatable bonds is 2. The first-order valence-corrected chi connectivity index (χ1v) is 5.91. The lowest BCUT2D eigenvalue weighted by atomic mass is 10.1. The van der Waals surface area contributed by atoms with Crippen LogP contribution in [0.4, 0.5) is 0 Å². The second-order valence-corrected chi connectivity index (χ2v) is 4.76. The maximum Gasteiger partial charge on any atom is 0.337 e. The summed E-state index contributed by atoms with van der Waals surface area (Å²) in [6.45, 7) is 1.98. The zero-order chi connectivity index (χ0) is 12.7. The summed E-state index contributed by atoms with van der Waals surface area (Å²) in [6.07, 6.45) is 2.64. The zero-order valence-electron chi connectivity index (χ0n) is 10.1. The van der Waals surface area contributed by atoms with Crippen LogP contribution in [0.5, 0.6) is 0 Å². The molecule has 0 spiro atoms. The fourth-order valence-electron chi connectivity index (χ4n) is 2.46. The van der Waals surface area contributed by atoms with E-state index in [-0.39, 0.29) is 5.56 Å². The highest BCUT2D eigenvalue weighted by Gasteiger charge is 2.25. The molecule has 1 fully saturated rings. The Bertz CT molecular complexity index is 607. The van der Waals surface area contributed by atoms with Crippen LogP contribution in [0, 0.1) is 0 Å². The van der Waals surface area contributed by atoms with E-state index in [0.29, 0.717) is 11.6 Å². The predicted molar refractivity (Wildman–Crippen MR) is 64.8 cm³/mol. The zero-order valence-corrected chi connectivity index (χ0v) is 10.1. The third-order valence-electron chi connectivity index (χ3n) is 3.43. The Kier molecular flexibility index (Phi) is 2.52. The lowest BCUT2D eigenvalue weighted by Crippen LogP contribution is -2.14. The number of pyridine rings is 1. The molecule has 1 saturated heterocycles. The quantitative estimate of drug-likeness (QED) is 0.850. The van der Waals surface area contributed by atoms with Gasteiger partial charge in [0.05, 0.1) is 5.56 Å². The Morgan fingerprint density at radius 1 is 1.44 bits per heavy atom. The molecule has 1 N–H and O–H groups in total. The molecule has 0 saturated carbocycles. The van der Waals surface area contributed by atoms with Crippen LogP contribution in [-0.4, -0.2) is 50.7 Å². The van der Waals surface area contributed by atoms with Gasteiger partial charge in [-0.3, -0.25) is 4.40 Å². The van der Waals surface area contributed by atoms with E-state index in [1.54, 1.807) is 22.7 Å². The SMILES string of the molecule is CN1CCC(c2nnc3ccc(C(=O)O)cn23)C1. The topological polar surface area (TPSA) is 70.7 Å². The first kappa shape index (κ1) is 11.2. The van der Waals surface area contributed by atoms with Crippen LogP contribution in [0.3, 0.4) is 0 Å². The van der Waals surface area contributed by atoms with Crippen LogP contribution in [-0.2, 0) is 0 Å². The van der Waals surface area contributed by atoms with E-state index in [0.717, 1.165) is 25.3 Å². The van der Waals surface area contributed by atoms with E-state index in [1.807, 2.05) is 0 Å². The number of carbonyl (C=O) groups is 1. The van der Waals surface area contributed by atoms with E-state index < -0.39 is 5.97 Å². The van der Waals surface area contributed by atoms with Crippen LogP contribution in [0.25, 0.3) is 5.65 Å². The van der Waals surface area contributed by atoms with Gasteiger partial charge in [0, 0.05) is 18.7 Å². The van der Waals surface area contributed by atoms with E-state index in [4.69, 9.17) is 5.11 Å². The first-order chi connectivity index (χ1) is 8.65. The second kappa shape index (κ2) is 4.06. The standard InChI is InChI=1S/C12H14N4O2/c1-15-5-4-8(6-15)11-14-13-10-3-2-9(12(17)18)7-16(10)11/h2-3,7-8H,4-6H2,1H3,(H,17,18). The molecule has 6 nitrogen and oxygen atoms in total. The Hall–Kier alpha value is -1.95. The van der Waals surface area contributed by atoms with Gasteiger partial charge in [-0.2, -0.15) is 0 Å². The van der Waals surface area contributed by atoms with Crippen molar-refractivity contribution in [3.05, 3.63) is 29.7 Å². The molecule has 1 aliphatic rings. The number of nitrogens with zero attached hydrogens (tertiary/aromatic N) is 4. The van der Waals surface area contributed by atoms with Gasteiger partial charge < -0.3 is 10.0 Å². The molecule has 18 heavy (non-hydrogen) atoms. The molecule has 3 rings (SSSR count). The minimum Gasteiger partial charge on any atom is -0.478 e. The average molecular weight is 246 g/mol. The number of hydrogen-bond donors (Lipinski definition) is 1. The molecule has 6 heteroatoms. The van der Waals surface area contributed by atoms with Gasteiger partial charge in [-0.1, -0.05) is 0 Å². The van der Waals surface area contributed by atoms with Crippen molar-refractivity contribution in [3.63, 3.8) is 0 Å². The van der Waals surface area contributed by atoms with Crippen molar-refractivity contribution >= 4 is 11.6 Å². The number of fused-ring (bicyclic) bond motifs is 1. The van der Waals surface area contributed by atoms with Gasteiger partial charge in [-0.05, 0) is 32.1 Å². The van der Waals surface area contributed by atoms with Crippen molar-refractivity contribution in [1.29, 1.82) is 0 Å². The first-order valence-electron chi connectivity index (χ1n) is 5.91. The van der Waals surface area contributed by atoms with Crippen LogP contribution in [0.15, 0.2) is 18.3 Å². The third kappa shape index (κ3) is 1.74. The Morgan fingerprint density at radius 2 is 2.28 bits per heavy atom. The molecule has 0 bridgehead atoms. The molecule has 1 atom stereocenters. The normalized spacial score (nSPS) is 20.6. The van der Waals surface area contributed by atoms with E-state index in [9.17, 15) is 4.79 Å². The fraction of sp³-hybridized carbons (Fsp3) is 0.417. The molecular weight excluding hydrogens is 232 g/mol. The predicted octanol–water partition coefficient (Wildman–Crippen LogP) is 0.847. The summed E-state index contributed by atoms with van der Waals surface area (Å²) in [6, 6.07) is 3.25. The summed E-state index contributed by atoms with van der Waals surface area (Å²) in [5.41, 5.74) is 0.958. The highest BCUT2D eigenvalue weighted by atomic mass is 16.4. The molecule has 94 valence electrons. The smallest absolute Gasteiger partial charge is 0.337 e. The monoisotopic (exact) mass is 246 g/mol. The number of aromatic carboxylic acids is 1. The van der Waals surface area contributed by atoms with Crippen molar-refractivity contribution in [3.8, 4) is 0 Å². The van der Waals surface area contributed by atoms with Gasteiger partial charge in [0.25, 0.3) is 0 Å². The molecule has 0 aliphatic carbocycles. The third-order valence-corrected chi connectivity index (χ3v) is 3.43. The molecule has 0 amide bonds. The minimum atomic E-state index is -0.930. The summed E-state index contributed by atoms with van der Waals surface area (Å²) in [5, 5.41) is 17.3. The van der Waals surface area contributed by atoms with Gasteiger partial charge in [-0.15, -0.1) is 10.2 Å². The lowest BCUT2D eigenvalue weighted by Gasteiger charge is -2.08. The van der Waals surface area contributed by atoms with Crippen LogP contribution in [0.2, 0.25) is 0 Å². The van der Waals surface area contributed by atoms with Gasteiger partial charge >= 0.3 is 5.97 Å². The van der Waals surface area contributed by atoms with E-state index >= 15 is 0 Å². The van der Waals surface area contributed by atoms with E-state index in [1.165, 1.54) is 0 Å². The maximum atomic E-state index is 11.0. The Balaban J connectivity index is 2.06. The average Bonchev–Trinajstić information content (AvgIpc) is 2.93. The molecule has 3 heterocycles. The molecule has 1 unspecified atom stereocenters. The summed E-state index contributed by atoms with van der Waals surface area (Å²) in [5.74, 6) is 0.256. The van der Waals surface area contributed by atoms with Crippen molar-refractivity contribution in [2.24, 2.45) is 0 Å². The Labute approximate surface area is 104 Å². The van der Waals surface area contributed by atoms with Crippen molar-refractivity contribution in [1.82, 2.24) is 19.5 Å². The highest BCUT2D eigenvalue weighted by Crippen LogP contribution is 2.25. The molecule has 2 aromatic rings. The number of carboxylic acids is 1. The van der Waals surface area contributed by atoms with Gasteiger partial charge in [-0.25, -0.2) is 4.79 Å². The largest absolute Gasteiger partial charge is 0.478 e. The van der Waals surface area contributed by atoms with Gasteiger partial charge in [0.15, 0.2) is 5.65 Å². The number of likely N-dealkylation sites (tertiary alicyclic amines) is 1. The summed E-state index contributed by atoms with van der Waals surface area (Å²) >= 11 is 0. The van der Waals surface area contributed by atoms with Crippen LogP contribution >= 0.6 is 0 Å². The number of aromatic nitrogens is 3. The maximum absolute atomic E-state index is 11.0. The number of likely N-dealkylation sites (N-methyl/N-ethyl adjacent to an activating group) is 1. The van der Waals surface area contributed by atoms with Crippen molar-refractivity contribution < 1.29 is 9.90 Å². The lowest BCUT2D eigenvalue weighted by molar-refractivity contribution is 0.0696. The Morgan fingerprint density at radius 3 is 2.94 bits per heavy atom. The summed E-state index contributed by atoms with van der Waals surface area (Å²) in [7, 11) is 2.08. The summed E-state index contributed by atoms with van der Waals surface area (Å²) < 4.78 is 1.80. The fourth-order valence-corrected chi connectivity index (χ4v) is 2.46. The molecule has 0 radical (unpaired) electrons. The molecule has 2 aromatic heterocycles. The molecular formula is C12H14N4O2. The van der Waals surface area contributed by atoms with Crippen molar-refractivity contribution in [2.75, 3.05) is 20.1 Å². The van der Waals surface area contributed by atoms with Gasteiger partial charge in [0.1, 0.15) is 5.82 Å². The number of carboxylic acid groups (broad SMARTS) is 1. The van der Waals surface area contributed by atoms with Crippen LogP contribution < -0.4 is 0 Å². The highest BCUT2D eigenvalue weighted by molar-refractivity contribution is 5.87.